The van der Waals surface area contributed by atoms with E-state index in [0.29, 0.717) is 11.6 Å². The van der Waals surface area contributed by atoms with Crippen molar-refractivity contribution in [3.8, 4) is 0 Å². The fraction of sp³-hybridized carbons (Fsp3) is 0.400. The Morgan fingerprint density at radius 1 is 1.48 bits per heavy atom. The van der Waals surface area contributed by atoms with E-state index in [-0.39, 0.29) is 5.92 Å². The van der Waals surface area contributed by atoms with Crippen LogP contribution in [0.2, 0.25) is 0 Å². The Bertz CT molecular complexity index is 647. The highest BCUT2D eigenvalue weighted by molar-refractivity contribution is 5.87. The highest BCUT2D eigenvalue weighted by Crippen LogP contribution is 2.42. The van der Waals surface area contributed by atoms with Crippen molar-refractivity contribution in [3.63, 3.8) is 0 Å². The van der Waals surface area contributed by atoms with Crippen molar-refractivity contribution < 1.29 is 4.79 Å². The van der Waals surface area contributed by atoms with Crippen molar-refractivity contribution in [2.75, 3.05) is 5.32 Å². The van der Waals surface area contributed by atoms with Gasteiger partial charge in [0, 0.05) is 18.7 Å². The molecule has 1 aliphatic rings. The lowest BCUT2D eigenvalue weighted by Gasteiger charge is -2.33. The van der Waals surface area contributed by atoms with Crippen molar-refractivity contribution in [1.82, 2.24) is 14.8 Å². The molecule has 0 spiro atoms. The summed E-state index contributed by atoms with van der Waals surface area (Å²) in [4.78, 5) is 11.0. The van der Waals surface area contributed by atoms with Gasteiger partial charge in [0.05, 0.1) is 0 Å². The van der Waals surface area contributed by atoms with E-state index < -0.39 is 6.03 Å². The number of aryl methyl sites for hydroxylation is 1. The fourth-order valence-corrected chi connectivity index (χ4v) is 2.93. The number of urea groups is 1. The molecule has 1 aliphatic carbocycles. The zero-order valence-electron chi connectivity index (χ0n) is 12.0. The lowest BCUT2D eigenvalue weighted by Crippen LogP contribution is -2.24. The maximum absolute atomic E-state index is 11.0. The van der Waals surface area contributed by atoms with Gasteiger partial charge in [-0.05, 0) is 36.5 Å². The standard InChI is InChI=1S/C15H19N5O/c1-20-9-17-19-14(20)13(10-4-2-5-10)11-6-3-7-12(8-11)18-15(16)21/h3,6-10,13H,2,4-5H2,1H3,(H3,16,18,21)/t13-/m1/s1. The number of rotatable bonds is 4. The summed E-state index contributed by atoms with van der Waals surface area (Å²) >= 11 is 0. The van der Waals surface area contributed by atoms with Gasteiger partial charge in [-0.2, -0.15) is 0 Å². The summed E-state index contributed by atoms with van der Waals surface area (Å²) < 4.78 is 1.97. The van der Waals surface area contributed by atoms with E-state index in [4.69, 9.17) is 5.73 Å². The van der Waals surface area contributed by atoms with Crippen molar-refractivity contribution in [2.45, 2.75) is 25.2 Å². The number of carbonyl (C=O) groups is 1. The van der Waals surface area contributed by atoms with Crippen molar-refractivity contribution in [2.24, 2.45) is 18.7 Å². The monoisotopic (exact) mass is 285 g/mol. The van der Waals surface area contributed by atoms with E-state index in [1.54, 1.807) is 6.33 Å². The number of carbonyl (C=O) groups excluding carboxylic acids is 1. The van der Waals surface area contributed by atoms with Crippen LogP contribution in [0.1, 0.15) is 36.6 Å². The molecule has 6 heteroatoms. The number of hydrogen-bond acceptors (Lipinski definition) is 3. The van der Waals surface area contributed by atoms with Gasteiger partial charge in [-0.3, -0.25) is 0 Å². The smallest absolute Gasteiger partial charge is 0.316 e. The molecule has 6 nitrogen and oxygen atoms in total. The van der Waals surface area contributed by atoms with Gasteiger partial charge in [0.1, 0.15) is 12.2 Å². The van der Waals surface area contributed by atoms with Crippen molar-refractivity contribution in [1.29, 1.82) is 0 Å². The SMILES string of the molecule is Cn1cnnc1[C@@H](c1cccc(NC(N)=O)c1)C1CCC1. The van der Waals surface area contributed by atoms with Crippen LogP contribution in [0.15, 0.2) is 30.6 Å². The lowest BCUT2D eigenvalue weighted by molar-refractivity contribution is 0.259. The first-order valence-corrected chi connectivity index (χ1v) is 7.15. The van der Waals surface area contributed by atoms with Gasteiger partial charge in [-0.25, -0.2) is 4.79 Å². The van der Waals surface area contributed by atoms with Gasteiger partial charge in [0.2, 0.25) is 0 Å². The number of anilines is 1. The molecule has 0 saturated heterocycles. The number of benzene rings is 1. The minimum absolute atomic E-state index is 0.209. The van der Waals surface area contributed by atoms with Gasteiger partial charge in [0.15, 0.2) is 0 Å². The summed E-state index contributed by atoms with van der Waals surface area (Å²) in [6.07, 6.45) is 5.39. The van der Waals surface area contributed by atoms with E-state index in [2.05, 4.69) is 21.6 Å². The topological polar surface area (TPSA) is 85.8 Å². The molecule has 2 aromatic rings. The number of amides is 2. The number of primary amides is 1. The maximum atomic E-state index is 11.0. The minimum Gasteiger partial charge on any atom is -0.351 e. The van der Waals surface area contributed by atoms with Crippen LogP contribution >= 0.6 is 0 Å². The van der Waals surface area contributed by atoms with E-state index in [0.717, 1.165) is 11.4 Å². The molecule has 1 heterocycles. The molecule has 1 atom stereocenters. The molecular weight excluding hydrogens is 266 g/mol. The molecule has 1 fully saturated rings. The molecule has 0 radical (unpaired) electrons. The van der Waals surface area contributed by atoms with Crippen LogP contribution in [0.25, 0.3) is 0 Å². The molecule has 0 bridgehead atoms. The fourth-order valence-electron chi connectivity index (χ4n) is 2.93. The first-order chi connectivity index (χ1) is 10.1. The number of aromatic nitrogens is 3. The largest absolute Gasteiger partial charge is 0.351 e. The molecule has 0 unspecified atom stereocenters. The molecule has 0 aliphatic heterocycles. The zero-order valence-corrected chi connectivity index (χ0v) is 12.0. The number of hydrogen-bond donors (Lipinski definition) is 2. The molecule has 1 saturated carbocycles. The number of nitrogens with one attached hydrogen (secondary N) is 1. The van der Waals surface area contributed by atoms with Gasteiger partial charge in [-0.15, -0.1) is 10.2 Å². The molecule has 110 valence electrons. The van der Waals surface area contributed by atoms with Crippen molar-refractivity contribution in [3.05, 3.63) is 42.0 Å². The summed E-state index contributed by atoms with van der Waals surface area (Å²) in [5, 5.41) is 10.9. The molecule has 3 rings (SSSR count). The summed E-state index contributed by atoms with van der Waals surface area (Å²) in [6.45, 7) is 0. The van der Waals surface area contributed by atoms with Gasteiger partial charge in [-0.1, -0.05) is 18.6 Å². The highest BCUT2D eigenvalue weighted by Gasteiger charge is 2.32. The predicted molar refractivity (Wildman–Crippen MR) is 79.8 cm³/mol. The Balaban J connectivity index is 1.97. The van der Waals surface area contributed by atoms with Crippen LogP contribution in [-0.2, 0) is 7.05 Å². The number of nitrogens with zero attached hydrogens (tertiary/aromatic N) is 3. The second-order valence-electron chi connectivity index (χ2n) is 5.58. The van der Waals surface area contributed by atoms with E-state index in [1.165, 1.54) is 19.3 Å². The lowest BCUT2D eigenvalue weighted by atomic mass is 9.72. The molecule has 21 heavy (non-hydrogen) atoms. The molecular formula is C15H19N5O. The third-order valence-corrected chi connectivity index (χ3v) is 4.16. The average molecular weight is 285 g/mol. The van der Waals surface area contributed by atoms with Gasteiger partial charge >= 0.3 is 6.03 Å². The second kappa shape index (κ2) is 5.55. The van der Waals surface area contributed by atoms with Crippen LogP contribution in [0.5, 0.6) is 0 Å². The maximum Gasteiger partial charge on any atom is 0.316 e. The van der Waals surface area contributed by atoms with E-state index in [9.17, 15) is 4.79 Å². The average Bonchev–Trinajstić information content (AvgIpc) is 2.79. The third kappa shape index (κ3) is 2.74. The summed E-state index contributed by atoms with van der Waals surface area (Å²) in [6, 6.07) is 7.27. The molecule has 1 aromatic heterocycles. The Hall–Kier alpha value is -2.37. The van der Waals surface area contributed by atoms with Crippen LogP contribution < -0.4 is 11.1 Å². The van der Waals surface area contributed by atoms with Crippen LogP contribution in [0.4, 0.5) is 10.5 Å². The minimum atomic E-state index is -0.550. The summed E-state index contributed by atoms with van der Waals surface area (Å²) in [5.74, 6) is 1.76. The molecule has 2 amide bonds. The zero-order chi connectivity index (χ0) is 14.8. The van der Waals surface area contributed by atoms with E-state index in [1.807, 2.05) is 29.8 Å². The van der Waals surface area contributed by atoms with Crippen LogP contribution in [0.3, 0.4) is 0 Å². The molecule has 1 aromatic carbocycles. The first kappa shape index (κ1) is 13.6. The molecule has 3 N–H and O–H groups in total. The van der Waals surface area contributed by atoms with Gasteiger partial charge < -0.3 is 15.6 Å². The first-order valence-electron chi connectivity index (χ1n) is 7.15. The number of nitrogens with two attached hydrogens (primary N) is 1. The normalized spacial score (nSPS) is 16.2. The Morgan fingerprint density at radius 3 is 2.86 bits per heavy atom. The second-order valence-corrected chi connectivity index (χ2v) is 5.58. The Morgan fingerprint density at radius 2 is 2.29 bits per heavy atom. The Labute approximate surface area is 123 Å². The summed E-state index contributed by atoms with van der Waals surface area (Å²) in [7, 11) is 1.96. The van der Waals surface area contributed by atoms with Crippen LogP contribution in [0, 0.1) is 5.92 Å². The predicted octanol–water partition coefficient (Wildman–Crippen LogP) is 2.24. The quantitative estimate of drug-likeness (QED) is 0.903. The van der Waals surface area contributed by atoms with Gasteiger partial charge in [0.25, 0.3) is 0 Å². The summed E-state index contributed by atoms with van der Waals surface area (Å²) in [5.41, 5.74) is 7.05. The third-order valence-electron chi connectivity index (χ3n) is 4.16. The Kier molecular flexibility index (Phi) is 3.60. The van der Waals surface area contributed by atoms with Crippen molar-refractivity contribution >= 4 is 11.7 Å². The van der Waals surface area contributed by atoms with E-state index >= 15 is 0 Å². The van der Waals surface area contributed by atoms with Crippen LogP contribution in [-0.4, -0.2) is 20.8 Å². The highest BCUT2D eigenvalue weighted by atomic mass is 16.2.